The highest BCUT2D eigenvalue weighted by atomic mass is 16.3. The fourth-order valence-corrected chi connectivity index (χ4v) is 1.51. The predicted octanol–water partition coefficient (Wildman–Crippen LogP) is 0.368. The van der Waals surface area contributed by atoms with Crippen LogP contribution in [0, 0.1) is 0 Å². The third-order valence-corrected chi connectivity index (χ3v) is 2.14. The molecule has 0 aliphatic carbocycles. The molecule has 4 nitrogen and oxygen atoms in total. The fraction of sp³-hybridized carbons (Fsp3) is 0.700. The zero-order valence-corrected chi connectivity index (χ0v) is 9.14. The van der Waals surface area contributed by atoms with Crippen LogP contribution >= 0.6 is 0 Å². The number of aromatic nitrogens is 2. The molecule has 1 aromatic rings. The molecule has 0 aliphatic rings. The van der Waals surface area contributed by atoms with E-state index in [1.54, 1.807) is 6.20 Å². The number of hydrogen-bond donors (Lipinski definition) is 1. The maximum atomic E-state index is 9.72. The van der Waals surface area contributed by atoms with Gasteiger partial charge in [0.15, 0.2) is 0 Å². The van der Waals surface area contributed by atoms with E-state index in [9.17, 15) is 5.11 Å². The van der Waals surface area contributed by atoms with E-state index in [0.717, 1.165) is 12.4 Å². The minimum atomic E-state index is -0.335. The van der Waals surface area contributed by atoms with Gasteiger partial charge in [0.1, 0.15) is 5.82 Å². The van der Waals surface area contributed by atoms with E-state index >= 15 is 0 Å². The van der Waals surface area contributed by atoms with Gasteiger partial charge in [-0.3, -0.25) is 0 Å². The summed E-state index contributed by atoms with van der Waals surface area (Å²) < 4.78 is 2.05. The second-order valence-corrected chi connectivity index (χ2v) is 3.75. The Morgan fingerprint density at radius 1 is 1.57 bits per heavy atom. The van der Waals surface area contributed by atoms with E-state index in [1.165, 1.54) is 0 Å². The van der Waals surface area contributed by atoms with E-state index in [1.807, 2.05) is 25.2 Å². The van der Waals surface area contributed by atoms with Crippen molar-refractivity contribution < 1.29 is 5.11 Å². The van der Waals surface area contributed by atoms with Crippen molar-refractivity contribution in [2.24, 2.45) is 0 Å². The van der Waals surface area contributed by atoms with Crippen LogP contribution in [-0.4, -0.2) is 46.3 Å². The van der Waals surface area contributed by atoms with Gasteiger partial charge in [-0.25, -0.2) is 4.98 Å². The van der Waals surface area contributed by atoms with Gasteiger partial charge in [0.25, 0.3) is 0 Å². The molecule has 1 unspecified atom stereocenters. The summed E-state index contributed by atoms with van der Waals surface area (Å²) in [5, 5.41) is 9.72. The summed E-state index contributed by atoms with van der Waals surface area (Å²) in [6.07, 6.45) is 4.01. The minimum Gasteiger partial charge on any atom is -0.391 e. The number of aryl methyl sites for hydroxylation is 1. The van der Waals surface area contributed by atoms with Crippen LogP contribution in [0.1, 0.15) is 12.7 Å². The largest absolute Gasteiger partial charge is 0.391 e. The Hall–Kier alpha value is -0.870. The topological polar surface area (TPSA) is 41.3 Å². The van der Waals surface area contributed by atoms with Crippen LogP contribution in [-0.2, 0) is 13.0 Å². The van der Waals surface area contributed by atoms with Crippen molar-refractivity contribution in [3.8, 4) is 0 Å². The Balaban J connectivity index is 2.51. The summed E-state index contributed by atoms with van der Waals surface area (Å²) in [6, 6.07) is 0. The Labute approximate surface area is 85.2 Å². The molecule has 1 atom stereocenters. The molecule has 80 valence electrons. The van der Waals surface area contributed by atoms with Crippen LogP contribution in [0.4, 0.5) is 0 Å². The van der Waals surface area contributed by atoms with Gasteiger partial charge in [-0.2, -0.15) is 0 Å². The number of rotatable bonds is 5. The van der Waals surface area contributed by atoms with Gasteiger partial charge in [-0.15, -0.1) is 0 Å². The average Bonchev–Trinajstić information content (AvgIpc) is 2.50. The third-order valence-electron chi connectivity index (χ3n) is 2.14. The molecule has 1 N–H and O–H groups in total. The monoisotopic (exact) mass is 197 g/mol. The Morgan fingerprint density at radius 2 is 2.29 bits per heavy atom. The van der Waals surface area contributed by atoms with Crippen LogP contribution in [0.3, 0.4) is 0 Å². The number of nitrogens with zero attached hydrogens (tertiary/aromatic N) is 3. The molecular formula is C10H19N3O. The second kappa shape index (κ2) is 5.12. The lowest BCUT2D eigenvalue weighted by atomic mass is 10.2. The van der Waals surface area contributed by atoms with Gasteiger partial charge in [-0.1, -0.05) is 0 Å². The summed E-state index contributed by atoms with van der Waals surface area (Å²) in [5.74, 6) is 0.960. The molecule has 0 saturated heterocycles. The highest BCUT2D eigenvalue weighted by molar-refractivity contribution is 4.94. The zero-order valence-electron chi connectivity index (χ0n) is 9.14. The van der Waals surface area contributed by atoms with Crippen molar-refractivity contribution in [2.45, 2.75) is 26.0 Å². The third kappa shape index (κ3) is 3.12. The smallest absolute Gasteiger partial charge is 0.111 e. The molecule has 0 aromatic carbocycles. The van der Waals surface area contributed by atoms with E-state index in [0.29, 0.717) is 13.0 Å². The molecule has 0 fully saturated rings. The Bertz CT molecular complexity index is 270. The number of imidazole rings is 1. The van der Waals surface area contributed by atoms with Crippen LogP contribution in [0.15, 0.2) is 12.4 Å². The van der Waals surface area contributed by atoms with Gasteiger partial charge in [-0.05, 0) is 21.0 Å². The van der Waals surface area contributed by atoms with Gasteiger partial charge in [0.2, 0.25) is 0 Å². The molecule has 1 heterocycles. The van der Waals surface area contributed by atoms with Gasteiger partial charge in [0.05, 0.1) is 6.10 Å². The maximum absolute atomic E-state index is 9.72. The highest BCUT2D eigenvalue weighted by Gasteiger charge is 2.10. The lowest BCUT2D eigenvalue weighted by Gasteiger charge is -2.15. The van der Waals surface area contributed by atoms with Crippen molar-refractivity contribution in [1.82, 2.24) is 14.5 Å². The molecule has 0 aliphatic heterocycles. The van der Waals surface area contributed by atoms with Gasteiger partial charge in [0, 0.05) is 31.9 Å². The van der Waals surface area contributed by atoms with E-state index in [4.69, 9.17) is 0 Å². The van der Waals surface area contributed by atoms with E-state index < -0.39 is 0 Å². The number of aliphatic hydroxyl groups is 1. The van der Waals surface area contributed by atoms with Crippen molar-refractivity contribution in [3.63, 3.8) is 0 Å². The van der Waals surface area contributed by atoms with Crippen molar-refractivity contribution in [2.75, 3.05) is 20.6 Å². The van der Waals surface area contributed by atoms with Crippen molar-refractivity contribution in [1.29, 1.82) is 0 Å². The summed E-state index contributed by atoms with van der Waals surface area (Å²) in [5.41, 5.74) is 0. The summed E-state index contributed by atoms with van der Waals surface area (Å²) in [6.45, 7) is 3.66. The molecule has 0 bridgehead atoms. The maximum Gasteiger partial charge on any atom is 0.111 e. The molecule has 0 spiro atoms. The Morgan fingerprint density at radius 3 is 2.86 bits per heavy atom. The van der Waals surface area contributed by atoms with Crippen LogP contribution in [0.25, 0.3) is 0 Å². The average molecular weight is 197 g/mol. The van der Waals surface area contributed by atoms with Crippen molar-refractivity contribution in [3.05, 3.63) is 18.2 Å². The first-order valence-electron chi connectivity index (χ1n) is 4.96. The number of aliphatic hydroxyl groups excluding tert-OH is 1. The van der Waals surface area contributed by atoms with Crippen molar-refractivity contribution >= 4 is 0 Å². The molecule has 1 aromatic heterocycles. The SMILES string of the molecule is CCn1ccnc1CC(O)CN(C)C. The van der Waals surface area contributed by atoms with Gasteiger partial charge < -0.3 is 14.6 Å². The Kier molecular flexibility index (Phi) is 4.10. The predicted molar refractivity (Wildman–Crippen MR) is 56.2 cm³/mol. The van der Waals surface area contributed by atoms with Crippen LogP contribution in [0.2, 0.25) is 0 Å². The summed E-state index contributed by atoms with van der Waals surface area (Å²) >= 11 is 0. The highest BCUT2D eigenvalue weighted by Crippen LogP contribution is 2.02. The molecular weight excluding hydrogens is 178 g/mol. The number of likely N-dealkylation sites (N-methyl/N-ethyl adjacent to an activating group) is 1. The summed E-state index contributed by atoms with van der Waals surface area (Å²) in [4.78, 5) is 6.19. The fourth-order valence-electron chi connectivity index (χ4n) is 1.51. The van der Waals surface area contributed by atoms with Crippen LogP contribution in [0.5, 0.6) is 0 Å². The summed E-state index contributed by atoms with van der Waals surface area (Å²) in [7, 11) is 3.91. The molecule has 0 amide bonds. The quantitative estimate of drug-likeness (QED) is 0.741. The lowest BCUT2D eigenvalue weighted by molar-refractivity contribution is 0.134. The zero-order chi connectivity index (χ0) is 10.6. The minimum absolute atomic E-state index is 0.335. The van der Waals surface area contributed by atoms with E-state index in [2.05, 4.69) is 16.5 Å². The lowest BCUT2D eigenvalue weighted by Crippen LogP contribution is -2.28. The first kappa shape index (κ1) is 11.2. The van der Waals surface area contributed by atoms with Gasteiger partial charge >= 0.3 is 0 Å². The molecule has 0 saturated carbocycles. The normalized spacial score (nSPS) is 13.5. The van der Waals surface area contributed by atoms with E-state index in [-0.39, 0.29) is 6.10 Å². The second-order valence-electron chi connectivity index (χ2n) is 3.75. The molecule has 14 heavy (non-hydrogen) atoms. The molecule has 1 rings (SSSR count). The standard InChI is InChI=1S/C10H19N3O/c1-4-13-6-5-11-10(13)7-9(14)8-12(2)3/h5-6,9,14H,4,7-8H2,1-3H3. The van der Waals surface area contributed by atoms with Crippen LogP contribution < -0.4 is 0 Å². The molecule has 4 heteroatoms. The number of hydrogen-bond acceptors (Lipinski definition) is 3. The molecule has 0 radical (unpaired) electrons. The first-order valence-corrected chi connectivity index (χ1v) is 4.96. The first-order chi connectivity index (χ1) is 6.63.